The van der Waals surface area contributed by atoms with E-state index in [9.17, 15) is 18.0 Å². The van der Waals surface area contributed by atoms with Gasteiger partial charge in [0, 0.05) is 10.9 Å². The minimum absolute atomic E-state index is 0.00740. The lowest BCUT2D eigenvalue weighted by Crippen LogP contribution is -2.05. The quantitative estimate of drug-likeness (QED) is 0.916. The molecule has 0 fully saturated rings. The van der Waals surface area contributed by atoms with Crippen LogP contribution in [0.25, 0.3) is 0 Å². The van der Waals surface area contributed by atoms with Gasteiger partial charge in [0.05, 0.1) is 5.56 Å². The zero-order chi connectivity index (χ0) is 13.1. The van der Waals surface area contributed by atoms with Gasteiger partial charge in [0.1, 0.15) is 0 Å². The number of rotatable bonds is 4. The van der Waals surface area contributed by atoms with Crippen molar-refractivity contribution in [3.63, 3.8) is 0 Å². The van der Waals surface area contributed by atoms with Crippen molar-refractivity contribution in [1.82, 2.24) is 0 Å². The van der Waals surface area contributed by atoms with Crippen LogP contribution >= 0.6 is 15.9 Å². The summed E-state index contributed by atoms with van der Waals surface area (Å²) in [5.74, 6) is -0.909. The van der Waals surface area contributed by atoms with Crippen molar-refractivity contribution in [2.24, 2.45) is 0 Å². The maximum absolute atomic E-state index is 12.4. The Morgan fingerprint density at radius 3 is 2.47 bits per heavy atom. The summed E-state index contributed by atoms with van der Waals surface area (Å²) in [5, 5.41) is 8.45. The van der Waals surface area contributed by atoms with Crippen LogP contribution in [0.15, 0.2) is 22.7 Å². The van der Waals surface area contributed by atoms with Crippen molar-refractivity contribution < 1.29 is 23.1 Å². The molecule has 0 unspecified atom stereocenters. The Morgan fingerprint density at radius 2 is 2.00 bits per heavy atom. The molecule has 94 valence electrons. The second-order valence-corrected chi connectivity index (χ2v) is 4.41. The largest absolute Gasteiger partial charge is 0.481 e. The summed E-state index contributed by atoms with van der Waals surface area (Å²) in [6, 6.07) is 3.38. The highest BCUT2D eigenvalue weighted by molar-refractivity contribution is 9.10. The van der Waals surface area contributed by atoms with Gasteiger partial charge in [-0.1, -0.05) is 22.0 Å². The highest BCUT2D eigenvalue weighted by Crippen LogP contribution is 2.32. The van der Waals surface area contributed by atoms with Crippen molar-refractivity contribution in [3.05, 3.63) is 33.8 Å². The molecule has 0 aromatic heterocycles. The minimum atomic E-state index is -4.36. The molecule has 0 bridgehead atoms. The zero-order valence-electron chi connectivity index (χ0n) is 8.72. The average molecular weight is 311 g/mol. The monoisotopic (exact) mass is 310 g/mol. The topological polar surface area (TPSA) is 37.3 Å². The van der Waals surface area contributed by atoms with Crippen molar-refractivity contribution in [2.75, 3.05) is 0 Å². The maximum atomic E-state index is 12.4. The number of carbonyl (C=O) groups is 1. The van der Waals surface area contributed by atoms with E-state index in [1.165, 1.54) is 6.07 Å². The summed E-state index contributed by atoms with van der Waals surface area (Å²) in [4.78, 5) is 10.3. The zero-order valence-corrected chi connectivity index (χ0v) is 10.3. The molecule has 0 aliphatic carbocycles. The van der Waals surface area contributed by atoms with E-state index in [2.05, 4.69) is 15.9 Å². The van der Waals surface area contributed by atoms with Crippen LogP contribution in [0.1, 0.15) is 24.0 Å². The molecule has 0 amide bonds. The smallest absolute Gasteiger partial charge is 0.416 e. The van der Waals surface area contributed by atoms with Gasteiger partial charge in [0.25, 0.3) is 0 Å². The van der Waals surface area contributed by atoms with Gasteiger partial charge < -0.3 is 5.11 Å². The van der Waals surface area contributed by atoms with E-state index < -0.39 is 17.7 Å². The highest BCUT2D eigenvalue weighted by Gasteiger charge is 2.30. The maximum Gasteiger partial charge on any atom is 0.416 e. The lowest BCUT2D eigenvalue weighted by Gasteiger charge is -2.09. The van der Waals surface area contributed by atoms with E-state index >= 15 is 0 Å². The molecule has 1 rings (SSSR count). The minimum Gasteiger partial charge on any atom is -0.481 e. The number of carboxylic acid groups (broad SMARTS) is 1. The number of hydrogen-bond acceptors (Lipinski definition) is 1. The van der Waals surface area contributed by atoms with Crippen molar-refractivity contribution >= 4 is 21.9 Å². The molecule has 1 aromatic carbocycles. The Kier molecular flexibility index (Phi) is 4.56. The van der Waals surface area contributed by atoms with Crippen LogP contribution in [0, 0.1) is 0 Å². The predicted molar refractivity (Wildman–Crippen MR) is 59.7 cm³/mol. The van der Waals surface area contributed by atoms with Gasteiger partial charge in [0.2, 0.25) is 0 Å². The fourth-order valence-corrected chi connectivity index (χ4v) is 1.93. The molecule has 2 nitrogen and oxygen atoms in total. The molecular formula is C11H10BrF3O2. The second-order valence-electron chi connectivity index (χ2n) is 3.55. The summed E-state index contributed by atoms with van der Waals surface area (Å²) < 4.78 is 37.4. The number of hydrogen-bond donors (Lipinski definition) is 1. The van der Waals surface area contributed by atoms with Crippen LogP contribution in [0.4, 0.5) is 13.2 Å². The second kappa shape index (κ2) is 5.53. The summed E-state index contributed by atoms with van der Waals surface area (Å²) in [5.41, 5.74) is -0.0365. The van der Waals surface area contributed by atoms with E-state index in [1.807, 2.05) is 0 Å². The highest BCUT2D eigenvalue weighted by atomic mass is 79.9. The molecule has 17 heavy (non-hydrogen) atoms. The lowest BCUT2D eigenvalue weighted by atomic mass is 10.1. The van der Waals surface area contributed by atoms with E-state index in [1.54, 1.807) is 0 Å². The molecule has 0 spiro atoms. The molecule has 0 radical (unpaired) electrons. The van der Waals surface area contributed by atoms with E-state index in [-0.39, 0.29) is 6.42 Å². The summed E-state index contributed by atoms with van der Waals surface area (Å²) in [7, 11) is 0. The molecule has 0 aliphatic rings. The van der Waals surface area contributed by atoms with Crippen molar-refractivity contribution in [2.45, 2.75) is 25.4 Å². The first-order valence-electron chi connectivity index (χ1n) is 4.88. The molecule has 0 saturated heterocycles. The first kappa shape index (κ1) is 14.0. The summed E-state index contributed by atoms with van der Waals surface area (Å²) in [6.45, 7) is 0. The van der Waals surface area contributed by atoms with Gasteiger partial charge in [-0.3, -0.25) is 4.79 Å². The number of alkyl halides is 3. The Balaban J connectivity index is 2.73. The van der Waals surface area contributed by atoms with Crippen LogP contribution < -0.4 is 0 Å². The number of halogens is 4. The SMILES string of the molecule is O=C(O)CCCc1ccc(C(F)(F)F)cc1Br. The van der Waals surface area contributed by atoms with E-state index in [4.69, 9.17) is 5.11 Å². The molecule has 0 atom stereocenters. The Bertz CT molecular complexity index is 416. The molecule has 1 N–H and O–H groups in total. The van der Waals surface area contributed by atoms with Crippen molar-refractivity contribution in [1.29, 1.82) is 0 Å². The Hall–Kier alpha value is -1.04. The fraction of sp³-hybridized carbons (Fsp3) is 0.364. The Labute approximate surface area is 105 Å². The van der Waals surface area contributed by atoms with Crippen LogP contribution in [-0.2, 0) is 17.4 Å². The van der Waals surface area contributed by atoms with Gasteiger partial charge in [-0.25, -0.2) is 0 Å². The summed E-state index contributed by atoms with van der Waals surface area (Å²) in [6.07, 6.45) is -3.51. The van der Waals surface area contributed by atoms with E-state index in [0.29, 0.717) is 22.9 Å². The van der Waals surface area contributed by atoms with Gasteiger partial charge >= 0.3 is 12.1 Å². The van der Waals surface area contributed by atoms with Gasteiger partial charge in [-0.2, -0.15) is 13.2 Å². The van der Waals surface area contributed by atoms with Crippen molar-refractivity contribution in [3.8, 4) is 0 Å². The third kappa shape index (κ3) is 4.38. The lowest BCUT2D eigenvalue weighted by molar-refractivity contribution is -0.138. The van der Waals surface area contributed by atoms with Gasteiger partial charge in [-0.05, 0) is 30.5 Å². The van der Waals surface area contributed by atoms with Gasteiger partial charge in [-0.15, -0.1) is 0 Å². The standard InChI is InChI=1S/C11H10BrF3O2/c12-9-6-8(11(13,14)15)5-4-7(9)2-1-3-10(16)17/h4-6H,1-3H2,(H,16,17). The van der Waals surface area contributed by atoms with Crippen LogP contribution in [0.3, 0.4) is 0 Å². The van der Waals surface area contributed by atoms with E-state index in [0.717, 1.165) is 12.1 Å². The number of aryl methyl sites for hydroxylation is 1. The summed E-state index contributed by atoms with van der Waals surface area (Å²) >= 11 is 3.06. The van der Waals surface area contributed by atoms with Gasteiger partial charge in [0.15, 0.2) is 0 Å². The normalized spacial score (nSPS) is 11.5. The van der Waals surface area contributed by atoms with Crippen LogP contribution in [-0.4, -0.2) is 11.1 Å². The molecule has 6 heteroatoms. The number of carboxylic acids is 1. The molecule has 1 aromatic rings. The average Bonchev–Trinajstić information content (AvgIpc) is 2.18. The Morgan fingerprint density at radius 1 is 1.35 bits per heavy atom. The molecular weight excluding hydrogens is 301 g/mol. The molecule has 0 saturated carbocycles. The molecule has 0 aliphatic heterocycles. The number of benzene rings is 1. The number of aliphatic carboxylic acids is 1. The molecule has 0 heterocycles. The fourth-order valence-electron chi connectivity index (χ4n) is 1.36. The third-order valence-electron chi connectivity index (χ3n) is 2.22. The first-order valence-corrected chi connectivity index (χ1v) is 5.67. The third-order valence-corrected chi connectivity index (χ3v) is 2.96. The first-order chi connectivity index (χ1) is 7.80. The van der Waals surface area contributed by atoms with Crippen LogP contribution in [0.2, 0.25) is 0 Å². The predicted octanol–water partition coefficient (Wildman–Crippen LogP) is 3.88. The van der Waals surface area contributed by atoms with Crippen LogP contribution in [0.5, 0.6) is 0 Å².